The van der Waals surface area contributed by atoms with Crippen molar-refractivity contribution in [2.75, 3.05) is 24.5 Å². The van der Waals surface area contributed by atoms with Gasteiger partial charge in [0.05, 0.1) is 0 Å². The highest BCUT2D eigenvalue weighted by atomic mass is 16.2. The molecule has 0 saturated carbocycles. The summed E-state index contributed by atoms with van der Waals surface area (Å²) in [4.78, 5) is 32.2. The molecule has 23 heavy (non-hydrogen) atoms. The molecule has 2 amide bonds. The summed E-state index contributed by atoms with van der Waals surface area (Å²) in [6.07, 6.45) is 5.92. The van der Waals surface area contributed by atoms with Gasteiger partial charge in [-0.2, -0.15) is 0 Å². The number of anilines is 1. The Morgan fingerprint density at radius 3 is 2.65 bits per heavy atom. The fraction of sp³-hybridized carbons (Fsp3) is 0.588. The van der Waals surface area contributed by atoms with Crippen molar-refractivity contribution in [2.24, 2.45) is 0 Å². The Bertz CT molecular complexity index is 566. The number of likely N-dealkylation sites (tertiary alicyclic amines) is 1. The summed E-state index contributed by atoms with van der Waals surface area (Å²) in [5.41, 5.74) is 0.980. The van der Waals surface area contributed by atoms with E-state index in [1.165, 1.54) is 19.8 Å². The van der Waals surface area contributed by atoms with Crippen molar-refractivity contribution in [1.29, 1.82) is 0 Å². The number of carbonyl (C=O) groups is 2. The summed E-state index contributed by atoms with van der Waals surface area (Å²) in [6, 6.07) is 3.71. The highest BCUT2D eigenvalue weighted by Gasteiger charge is 2.31. The molecule has 1 aromatic rings. The number of hydrogen-bond acceptors (Lipinski definition) is 4. The zero-order chi connectivity index (χ0) is 16.2. The van der Waals surface area contributed by atoms with Crippen LogP contribution in [0, 0.1) is 0 Å². The predicted octanol–water partition coefficient (Wildman–Crippen LogP) is 1.31. The molecule has 2 aliphatic rings. The van der Waals surface area contributed by atoms with Gasteiger partial charge in [-0.05, 0) is 37.3 Å². The fourth-order valence-electron chi connectivity index (χ4n) is 3.38. The molecule has 1 aromatic heterocycles. The maximum absolute atomic E-state index is 12.3. The molecule has 0 unspecified atom stereocenters. The molecule has 1 N–H and O–H groups in total. The van der Waals surface area contributed by atoms with Crippen LogP contribution in [0.3, 0.4) is 0 Å². The van der Waals surface area contributed by atoms with Gasteiger partial charge >= 0.3 is 0 Å². The average Bonchev–Trinajstić information content (AvgIpc) is 3.24. The minimum absolute atomic E-state index is 0.0284. The van der Waals surface area contributed by atoms with Crippen LogP contribution in [0.2, 0.25) is 0 Å². The molecule has 3 rings (SSSR count). The first-order valence-corrected chi connectivity index (χ1v) is 8.40. The van der Waals surface area contributed by atoms with Gasteiger partial charge in [0.15, 0.2) is 0 Å². The van der Waals surface area contributed by atoms with Gasteiger partial charge in [0.1, 0.15) is 11.9 Å². The first kappa shape index (κ1) is 15.8. The van der Waals surface area contributed by atoms with Crippen LogP contribution < -0.4 is 10.2 Å². The number of nitrogens with one attached hydrogen (secondary N) is 1. The summed E-state index contributed by atoms with van der Waals surface area (Å²) in [5.74, 6) is 0.914. The van der Waals surface area contributed by atoms with E-state index in [0.29, 0.717) is 13.1 Å². The Balaban J connectivity index is 1.53. The second-order valence-corrected chi connectivity index (χ2v) is 6.31. The highest BCUT2D eigenvalue weighted by molar-refractivity contribution is 5.87. The SMILES string of the molecule is CC(=O)N1CCC[C@@H]1C(=O)NCc1ccc(N2CCCC2)nc1. The largest absolute Gasteiger partial charge is 0.357 e. The third-order valence-electron chi connectivity index (χ3n) is 4.67. The minimum atomic E-state index is -0.315. The van der Waals surface area contributed by atoms with E-state index in [0.717, 1.165) is 37.3 Å². The lowest BCUT2D eigenvalue weighted by molar-refractivity contribution is -0.136. The molecular formula is C17H24N4O2. The van der Waals surface area contributed by atoms with Crippen LogP contribution >= 0.6 is 0 Å². The highest BCUT2D eigenvalue weighted by Crippen LogP contribution is 2.19. The van der Waals surface area contributed by atoms with Crippen LogP contribution in [0.1, 0.15) is 38.2 Å². The van der Waals surface area contributed by atoms with Crippen LogP contribution in [0.4, 0.5) is 5.82 Å². The number of nitrogens with zero attached hydrogens (tertiary/aromatic N) is 3. The quantitative estimate of drug-likeness (QED) is 0.909. The van der Waals surface area contributed by atoms with Gasteiger partial charge in [-0.1, -0.05) is 6.07 Å². The van der Waals surface area contributed by atoms with Gasteiger partial charge in [-0.15, -0.1) is 0 Å². The average molecular weight is 316 g/mol. The molecule has 2 fully saturated rings. The fourth-order valence-corrected chi connectivity index (χ4v) is 3.38. The van der Waals surface area contributed by atoms with Gasteiger partial charge in [0.25, 0.3) is 0 Å². The molecule has 124 valence electrons. The first-order chi connectivity index (χ1) is 11.1. The number of pyridine rings is 1. The lowest BCUT2D eigenvalue weighted by Crippen LogP contribution is -2.44. The second kappa shape index (κ2) is 6.98. The maximum atomic E-state index is 12.3. The normalized spacial score (nSPS) is 20.8. The summed E-state index contributed by atoms with van der Waals surface area (Å²) in [6.45, 7) is 4.80. The molecule has 3 heterocycles. The Hall–Kier alpha value is -2.11. The van der Waals surface area contributed by atoms with Gasteiger partial charge in [-0.25, -0.2) is 4.98 Å². The Morgan fingerprint density at radius 2 is 2.00 bits per heavy atom. The molecule has 6 nitrogen and oxygen atoms in total. The molecule has 0 aliphatic carbocycles. The van der Waals surface area contributed by atoms with Crippen LogP contribution in [-0.4, -0.2) is 47.4 Å². The van der Waals surface area contributed by atoms with E-state index in [9.17, 15) is 9.59 Å². The Labute approximate surface area is 136 Å². The molecule has 0 spiro atoms. The summed E-state index contributed by atoms with van der Waals surface area (Å²) in [7, 11) is 0. The number of carbonyl (C=O) groups excluding carboxylic acids is 2. The monoisotopic (exact) mass is 316 g/mol. The molecule has 2 aliphatic heterocycles. The van der Waals surface area contributed by atoms with E-state index in [2.05, 4.69) is 15.2 Å². The van der Waals surface area contributed by atoms with E-state index in [1.54, 1.807) is 4.90 Å². The first-order valence-electron chi connectivity index (χ1n) is 8.40. The van der Waals surface area contributed by atoms with Crippen LogP contribution in [0.5, 0.6) is 0 Å². The van der Waals surface area contributed by atoms with E-state index < -0.39 is 0 Å². The zero-order valence-corrected chi connectivity index (χ0v) is 13.6. The molecular weight excluding hydrogens is 292 g/mol. The topological polar surface area (TPSA) is 65.5 Å². The molecule has 0 aromatic carbocycles. The maximum Gasteiger partial charge on any atom is 0.243 e. The van der Waals surface area contributed by atoms with Gasteiger partial charge < -0.3 is 15.1 Å². The number of rotatable bonds is 4. The predicted molar refractivity (Wildman–Crippen MR) is 87.9 cm³/mol. The van der Waals surface area contributed by atoms with Gasteiger partial charge in [0, 0.05) is 39.3 Å². The van der Waals surface area contributed by atoms with Crippen molar-refractivity contribution in [3.8, 4) is 0 Å². The van der Waals surface area contributed by atoms with Crippen molar-refractivity contribution >= 4 is 17.6 Å². The molecule has 2 saturated heterocycles. The second-order valence-electron chi connectivity index (χ2n) is 6.31. The third-order valence-corrected chi connectivity index (χ3v) is 4.67. The van der Waals surface area contributed by atoms with E-state index in [4.69, 9.17) is 0 Å². The smallest absolute Gasteiger partial charge is 0.243 e. The number of hydrogen-bond donors (Lipinski definition) is 1. The Kier molecular flexibility index (Phi) is 4.79. The zero-order valence-electron chi connectivity index (χ0n) is 13.6. The minimum Gasteiger partial charge on any atom is -0.357 e. The lowest BCUT2D eigenvalue weighted by atomic mass is 10.2. The van der Waals surface area contributed by atoms with Crippen molar-refractivity contribution in [3.63, 3.8) is 0 Å². The van der Waals surface area contributed by atoms with Crippen LogP contribution in [0.15, 0.2) is 18.3 Å². The van der Waals surface area contributed by atoms with Gasteiger partial charge in [-0.3, -0.25) is 9.59 Å². The summed E-state index contributed by atoms with van der Waals surface area (Å²) >= 11 is 0. The van der Waals surface area contributed by atoms with Crippen molar-refractivity contribution in [3.05, 3.63) is 23.9 Å². The lowest BCUT2D eigenvalue weighted by Gasteiger charge is -2.22. The van der Waals surface area contributed by atoms with Gasteiger partial charge in [0.2, 0.25) is 11.8 Å². The van der Waals surface area contributed by atoms with Crippen molar-refractivity contribution in [1.82, 2.24) is 15.2 Å². The number of amides is 2. The summed E-state index contributed by atoms with van der Waals surface area (Å²) < 4.78 is 0. The molecule has 0 bridgehead atoms. The molecule has 6 heteroatoms. The van der Waals surface area contributed by atoms with Crippen LogP contribution in [-0.2, 0) is 16.1 Å². The Morgan fingerprint density at radius 1 is 1.22 bits per heavy atom. The van der Waals surface area contributed by atoms with Crippen molar-refractivity contribution < 1.29 is 9.59 Å². The van der Waals surface area contributed by atoms with E-state index in [-0.39, 0.29) is 17.9 Å². The number of aromatic nitrogens is 1. The van der Waals surface area contributed by atoms with Crippen molar-refractivity contribution in [2.45, 2.75) is 45.2 Å². The standard InChI is InChI=1S/C17H24N4O2/c1-13(22)21-10-4-5-15(21)17(23)19-12-14-6-7-16(18-11-14)20-8-2-3-9-20/h6-7,11,15H,2-5,8-10,12H2,1H3,(H,19,23)/t15-/m1/s1. The van der Waals surface area contributed by atoms with E-state index >= 15 is 0 Å². The summed E-state index contributed by atoms with van der Waals surface area (Å²) in [5, 5.41) is 2.93. The van der Waals surface area contributed by atoms with Crippen LogP contribution in [0.25, 0.3) is 0 Å². The molecule has 0 radical (unpaired) electrons. The third kappa shape index (κ3) is 3.63. The molecule has 1 atom stereocenters. The van der Waals surface area contributed by atoms with E-state index in [1.807, 2.05) is 18.3 Å².